The maximum absolute atomic E-state index is 13.0. The molecule has 1 saturated carbocycles. The average Bonchev–Trinajstić information content (AvgIpc) is 3.46. The zero-order valence-electron chi connectivity index (χ0n) is 17.1. The van der Waals surface area contributed by atoms with Gasteiger partial charge in [0.2, 0.25) is 5.91 Å². The van der Waals surface area contributed by atoms with Gasteiger partial charge in [0.15, 0.2) is 5.76 Å². The molecule has 0 unspecified atom stereocenters. The standard InChI is InChI=1S/C22H28N4O4/c27-20(23-17-6-2-1-3-7-17)16-26-10-4-8-18(26)21(28)24-11-13-25(14-12-24)22(29)19-9-5-15-30-19/h4-5,8-10,15,17H,1-3,6-7,11-14,16H2,(H,23,27). The monoisotopic (exact) mass is 412 g/mol. The Labute approximate surface area is 175 Å². The van der Waals surface area contributed by atoms with Crippen molar-refractivity contribution in [2.24, 2.45) is 0 Å². The van der Waals surface area contributed by atoms with E-state index in [9.17, 15) is 14.4 Å². The lowest BCUT2D eigenvalue weighted by atomic mass is 9.95. The van der Waals surface area contributed by atoms with Crippen LogP contribution in [0.3, 0.4) is 0 Å². The maximum Gasteiger partial charge on any atom is 0.289 e. The number of aromatic nitrogens is 1. The van der Waals surface area contributed by atoms with Crippen LogP contribution < -0.4 is 5.32 Å². The van der Waals surface area contributed by atoms with Crippen molar-refractivity contribution in [1.82, 2.24) is 19.7 Å². The molecule has 2 aromatic rings. The molecule has 8 heteroatoms. The van der Waals surface area contributed by atoms with E-state index in [-0.39, 0.29) is 30.3 Å². The van der Waals surface area contributed by atoms with Crippen molar-refractivity contribution in [1.29, 1.82) is 0 Å². The highest BCUT2D eigenvalue weighted by Crippen LogP contribution is 2.18. The van der Waals surface area contributed by atoms with Crippen LogP contribution in [0.1, 0.15) is 53.1 Å². The first-order valence-corrected chi connectivity index (χ1v) is 10.7. The summed E-state index contributed by atoms with van der Waals surface area (Å²) < 4.78 is 6.88. The van der Waals surface area contributed by atoms with E-state index in [1.807, 2.05) is 0 Å². The smallest absolute Gasteiger partial charge is 0.289 e. The molecule has 0 spiro atoms. The summed E-state index contributed by atoms with van der Waals surface area (Å²) in [6, 6.07) is 7.12. The van der Waals surface area contributed by atoms with Gasteiger partial charge in [-0.15, -0.1) is 0 Å². The van der Waals surface area contributed by atoms with Crippen molar-refractivity contribution in [2.75, 3.05) is 26.2 Å². The SMILES string of the molecule is O=C(Cn1cccc1C(=O)N1CCN(C(=O)c2ccco2)CC1)NC1CCCCC1. The Hall–Kier alpha value is -3.03. The molecule has 1 aliphatic carbocycles. The molecule has 0 radical (unpaired) electrons. The van der Waals surface area contributed by atoms with Gasteiger partial charge in [-0.05, 0) is 37.1 Å². The van der Waals surface area contributed by atoms with Gasteiger partial charge in [-0.25, -0.2) is 0 Å². The number of nitrogens with one attached hydrogen (secondary N) is 1. The molecular formula is C22H28N4O4. The van der Waals surface area contributed by atoms with Gasteiger partial charge in [-0.3, -0.25) is 14.4 Å². The Morgan fingerprint density at radius 3 is 2.30 bits per heavy atom. The third-order valence-corrected chi connectivity index (χ3v) is 5.92. The summed E-state index contributed by atoms with van der Waals surface area (Å²) >= 11 is 0. The molecule has 4 rings (SSSR count). The van der Waals surface area contributed by atoms with Crippen LogP contribution in [0.15, 0.2) is 41.1 Å². The van der Waals surface area contributed by atoms with Crippen LogP contribution in [0.5, 0.6) is 0 Å². The molecule has 2 fully saturated rings. The van der Waals surface area contributed by atoms with Crippen molar-refractivity contribution in [3.63, 3.8) is 0 Å². The molecule has 2 aromatic heterocycles. The average molecular weight is 412 g/mol. The second-order valence-corrected chi connectivity index (χ2v) is 7.99. The third kappa shape index (κ3) is 4.58. The summed E-state index contributed by atoms with van der Waals surface area (Å²) in [6.07, 6.45) is 8.87. The third-order valence-electron chi connectivity index (χ3n) is 5.92. The van der Waals surface area contributed by atoms with E-state index in [1.54, 1.807) is 44.8 Å². The van der Waals surface area contributed by atoms with Crippen molar-refractivity contribution >= 4 is 17.7 Å². The Kier molecular flexibility index (Phi) is 6.21. The predicted octanol–water partition coefficient (Wildman–Crippen LogP) is 2.13. The second kappa shape index (κ2) is 9.19. The van der Waals surface area contributed by atoms with E-state index >= 15 is 0 Å². The highest BCUT2D eigenvalue weighted by molar-refractivity contribution is 5.94. The van der Waals surface area contributed by atoms with Crippen LogP contribution in [-0.4, -0.2) is 64.3 Å². The second-order valence-electron chi connectivity index (χ2n) is 7.99. The lowest BCUT2D eigenvalue weighted by molar-refractivity contribution is -0.122. The fourth-order valence-electron chi connectivity index (χ4n) is 4.25. The lowest BCUT2D eigenvalue weighted by Gasteiger charge is -2.34. The van der Waals surface area contributed by atoms with Gasteiger partial charge >= 0.3 is 0 Å². The molecule has 1 N–H and O–H groups in total. The molecule has 3 amide bonds. The summed E-state index contributed by atoms with van der Waals surface area (Å²) in [5.74, 6) is -0.0148. The van der Waals surface area contributed by atoms with Crippen LogP contribution in [0.25, 0.3) is 0 Å². The lowest BCUT2D eigenvalue weighted by Crippen LogP contribution is -2.51. The van der Waals surface area contributed by atoms with E-state index in [1.165, 1.54) is 12.7 Å². The largest absolute Gasteiger partial charge is 0.459 e. The van der Waals surface area contributed by atoms with Gasteiger partial charge in [-0.1, -0.05) is 19.3 Å². The van der Waals surface area contributed by atoms with Gasteiger partial charge in [-0.2, -0.15) is 0 Å². The highest BCUT2D eigenvalue weighted by atomic mass is 16.3. The van der Waals surface area contributed by atoms with Crippen molar-refractivity contribution in [3.8, 4) is 0 Å². The number of amides is 3. The quantitative estimate of drug-likeness (QED) is 0.815. The summed E-state index contributed by atoms with van der Waals surface area (Å²) in [4.78, 5) is 41.3. The number of rotatable bonds is 5. The molecule has 30 heavy (non-hydrogen) atoms. The van der Waals surface area contributed by atoms with Crippen molar-refractivity contribution in [3.05, 3.63) is 48.2 Å². The molecule has 0 atom stereocenters. The van der Waals surface area contributed by atoms with E-state index in [2.05, 4.69) is 5.32 Å². The van der Waals surface area contributed by atoms with E-state index < -0.39 is 0 Å². The van der Waals surface area contributed by atoms with Crippen LogP contribution in [0.4, 0.5) is 0 Å². The Balaban J connectivity index is 1.32. The number of hydrogen-bond donors (Lipinski definition) is 1. The van der Waals surface area contributed by atoms with Gasteiger partial charge in [0.1, 0.15) is 12.2 Å². The Morgan fingerprint density at radius 1 is 0.933 bits per heavy atom. The summed E-state index contributed by atoms with van der Waals surface area (Å²) in [7, 11) is 0. The van der Waals surface area contributed by atoms with Crippen molar-refractivity contribution < 1.29 is 18.8 Å². The van der Waals surface area contributed by atoms with Crippen LogP contribution in [0.2, 0.25) is 0 Å². The molecule has 0 aromatic carbocycles. The molecule has 2 aliphatic rings. The topological polar surface area (TPSA) is 87.8 Å². The first-order chi connectivity index (χ1) is 14.6. The molecule has 1 saturated heterocycles. The van der Waals surface area contributed by atoms with Crippen molar-refractivity contribution in [2.45, 2.75) is 44.7 Å². The van der Waals surface area contributed by atoms with Crippen LogP contribution >= 0.6 is 0 Å². The minimum atomic E-state index is -0.158. The number of piperazine rings is 1. The van der Waals surface area contributed by atoms with Gasteiger partial charge in [0, 0.05) is 38.4 Å². The predicted molar refractivity (Wildman–Crippen MR) is 110 cm³/mol. The molecular weight excluding hydrogens is 384 g/mol. The normalized spacial score (nSPS) is 17.7. The summed E-state index contributed by atoms with van der Waals surface area (Å²) in [5, 5.41) is 3.10. The maximum atomic E-state index is 13.0. The van der Waals surface area contributed by atoms with Crippen LogP contribution in [0, 0.1) is 0 Å². The molecule has 160 valence electrons. The highest BCUT2D eigenvalue weighted by Gasteiger charge is 2.28. The van der Waals surface area contributed by atoms with Gasteiger partial charge < -0.3 is 24.1 Å². The van der Waals surface area contributed by atoms with Gasteiger partial charge in [0.05, 0.1) is 6.26 Å². The minimum Gasteiger partial charge on any atom is -0.459 e. The number of hydrogen-bond acceptors (Lipinski definition) is 4. The van der Waals surface area contributed by atoms with Crippen LogP contribution in [-0.2, 0) is 11.3 Å². The first kappa shape index (κ1) is 20.3. The fraction of sp³-hybridized carbons (Fsp3) is 0.500. The fourth-order valence-corrected chi connectivity index (χ4v) is 4.25. The Morgan fingerprint density at radius 2 is 1.63 bits per heavy atom. The van der Waals surface area contributed by atoms with E-state index in [0.717, 1.165) is 25.7 Å². The van der Waals surface area contributed by atoms with E-state index in [4.69, 9.17) is 4.42 Å². The zero-order valence-corrected chi connectivity index (χ0v) is 17.1. The Bertz CT molecular complexity index is 875. The number of carbonyl (C=O) groups excluding carboxylic acids is 3. The molecule has 3 heterocycles. The van der Waals surface area contributed by atoms with Gasteiger partial charge in [0.25, 0.3) is 11.8 Å². The summed E-state index contributed by atoms with van der Waals surface area (Å²) in [6.45, 7) is 1.94. The number of nitrogens with zero attached hydrogens (tertiary/aromatic N) is 3. The molecule has 8 nitrogen and oxygen atoms in total. The molecule has 1 aliphatic heterocycles. The summed E-state index contributed by atoms with van der Waals surface area (Å²) in [5.41, 5.74) is 0.500. The minimum absolute atomic E-state index is 0.0546. The zero-order chi connectivity index (χ0) is 20.9. The van der Waals surface area contributed by atoms with E-state index in [0.29, 0.717) is 37.6 Å². The first-order valence-electron chi connectivity index (χ1n) is 10.7. The molecule has 0 bridgehead atoms. The number of carbonyl (C=O) groups is 3. The number of furan rings is 1.